The molecule has 0 fully saturated rings. The maximum absolute atomic E-state index is 11.4. The fraction of sp³-hybridized carbons (Fsp3) is 0.824. The molecule has 0 rings (SSSR count). The number of hydrogen-bond donors (Lipinski definition) is 1. The number of halogens is 5. The average molecular weight is 438 g/mol. The Bertz CT molecular complexity index is 428. The molecule has 0 bridgehead atoms. The van der Waals surface area contributed by atoms with Gasteiger partial charge in [-0.25, -0.2) is 0 Å². The van der Waals surface area contributed by atoms with Gasteiger partial charge in [-0.2, -0.15) is 0 Å². The summed E-state index contributed by atoms with van der Waals surface area (Å²) >= 11 is 29.8. The molecule has 0 aromatic rings. The summed E-state index contributed by atoms with van der Waals surface area (Å²) in [5.41, 5.74) is 0. The molecule has 0 spiro atoms. The second-order valence-corrected chi connectivity index (χ2v) is 8.99. The van der Waals surface area contributed by atoms with Crippen LogP contribution in [0.25, 0.3) is 0 Å². The number of amides is 1. The fourth-order valence-corrected chi connectivity index (χ4v) is 3.33. The van der Waals surface area contributed by atoms with Crippen molar-refractivity contribution in [2.45, 2.75) is 86.3 Å². The second-order valence-electron chi connectivity index (χ2n) is 5.99. The third-order valence-electron chi connectivity index (χ3n) is 3.77. The first-order valence-electron chi connectivity index (χ1n) is 8.31. The number of nitrogens with one attached hydrogen (secondary N) is 1. The van der Waals surface area contributed by atoms with E-state index >= 15 is 0 Å². The van der Waals surface area contributed by atoms with Crippen molar-refractivity contribution in [3.05, 3.63) is 0 Å². The Morgan fingerprint density at radius 2 is 1.62 bits per heavy atom. The molecule has 0 aliphatic heterocycles. The lowest BCUT2D eigenvalue weighted by Crippen LogP contribution is -2.36. The van der Waals surface area contributed by atoms with E-state index in [-0.39, 0.29) is 11.9 Å². The highest BCUT2D eigenvalue weighted by Crippen LogP contribution is 2.45. The van der Waals surface area contributed by atoms with Crippen molar-refractivity contribution in [1.29, 1.82) is 0 Å². The summed E-state index contributed by atoms with van der Waals surface area (Å²) in [7, 11) is 0. The first-order valence-corrected chi connectivity index (χ1v) is 10.2. The Kier molecular flexibility index (Phi) is 13.0. The van der Waals surface area contributed by atoms with Gasteiger partial charge in [-0.1, -0.05) is 85.4 Å². The molecule has 140 valence electrons. The molecule has 0 saturated carbocycles. The highest BCUT2D eigenvalue weighted by molar-refractivity contribution is 6.64. The Morgan fingerprint density at radius 1 is 1.04 bits per heavy atom. The SMILES string of the molecule is CCCCCCCC(CCCC(Cl)(Cl)C(Cl)(Cl)C#CCl)NC(C)=O. The molecule has 1 unspecified atom stereocenters. The van der Waals surface area contributed by atoms with Crippen LogP contribution in [0.4, 0.5) is 0 Å². The van der Waals surface area contributed by atoms with Crippen molar-refractivity contribution in [2.24, 2.45) is 0 Å². The number of carbonyl (C=O) groups excluding carboxylic acids is 1. The van der Waals surface area contributed by atoms with E-state index in [0.29, 0.717) is 12.8 Å². The van der Waals surface area contributed by atoms with Crippen LogP contribution >= 0.6 is 58.0 Å². The monoisotopic (exact) mass is 435 g/mol. The molecule has 1 N–H and O–H groups in total. The molecule has 0 aliphatic carbocycles. The van der Waals surface area contributed by atoms with Crippen molar-refractivity contribution < 1.29 is 4.79 Å². The largest absolute Gasteiger partial charge is 0.354 e. The summed E-state index contributed by atoms with van der Waals surface area (Å²) < 4.78 is -3.07. The first kappa shape index (κ1) is 24.5. The van der Waals surface area contributed by atoms with Crippen LogP contribution in [0.3, 0.4) is 0 Å². The van der Waals surface area contributed by atoms with Gasteiger partial charge in [0.05, 0.1) is 0 Å². The third-order valence-corrected chi connectivity index (χ3v) is 6.03. The summed E-state index contributed by atoms with van der Waals surface area (Å²) in [5.74, 6) is 2.37. The van der Waals surface area contributed by atoms with Crippen LogP contribution in [0.15, 0.2) is 0 Å². The number of carbonyl (C=O) groups is 1. The molecule has 1 amide bonds. The summed E-state index contributed by atoms with van der Waals surface area (Å²) in [6, 6.07) is 0.104. The van der Waals surface area contributed by atoms with Gasteiger partial charge >= 0.3 is 0 Å². The van der Waals surface area contributed by atoms with Crippen LogP contribution in [0.5, 0.6) is 0 Å². The standard InChI is InChI=1S/C17H26Cl5NO/c1-3-4-5-6-7-9-15(23-14(2)24)10-8-11-16(19,20)17(21,22)12-13-18/h15H,3-11H2,1-2H3,(H,23,24). The van der Waals surface area contributed by atoms with Gasteiger partial charge in [-0.15, -0.1) is 0 Å². The van der Waals surface area contributed by atoms with Gasteiger partial charge in [0.1, 0.15) is 0 Å². The predicted octanol–water partition coefficient (Wildman–Crippen LogP) is 6.57. The number of unbranched alkanes of at least 4 members (excludes halogenated alkanes) is 4. The van der Waals surface area contributed by atoms with Crippen LogP contribution in [-0.2, 0) is 4.79 Å². The lowest BCUT2D eigenvalue weighted by molar-refractivity contribution is -0.119. The van der Waals surface area contributed by atoms with E-state index < -0.39 is 8.67 Å². The molecule has 24 heavy (non-hydrogen) atoms. The molecule has 0 heterocycles. The molecular weight excluding hydrogens is 411 g/mol. The molecule has 0 radical (unpaired) electrons. The normalized spacial score (nSPS) is 13.1. The van der Waals surface area contributed by atoms with E-state index in [0.717, 1.165) is 19.3 Å². The minimum Gasteiger partial charge on any atom is -0.354 e. The van der Waals surface area contributed by atoms with Crippen molar-refractivity contribution in [3.63, 3.8) is 0 Å². The molecular formula is C17H26Cl5NO. The van der Waals surface area contributed by atoms with E-state index in [4.69, 9.17) is 58.0 Å². The zero-order valence-corrected chi connectivity index (χ0v) is 18.0. The number of rotatable bonds is 12. The third kappa shape index (κ3) is 10.5. The highest BCUT2D eigenvalue weighted by Gasteiger charge is 2.45. The van der Waals surface area contributed by atoms with Crippen LogP contribution < -0.4 is 5.32 Å². The maximum Gasteiger partial charge on any atom is 0.217 e. The van der Waals surface area contributed by atoms with Crippen molar-refractivity contribution >= 4 is 63.9 Å². The van der Waals surface area contributed by atoms with Gasteiger partial charge in [0.25, 0.3) is 0 Å². The molecule has 2 nitrogen and oxygen atoms in total. The molecule has 0 aromatic carbocycles. The predicted molar refractivity (Wildman–Crippen MR) is 107 cm³/mol. The van der Waals surface area contributed by atoms with Crippen molar-refractivity contribution in [1.82, 2.24) is 5.32 Å². The van der Waals surface area contributed by atoms with E-state index in [1.807, 2.05) is 0 Å². The Morgan fingerprint density at radius 3 is 2.17 bits per heavy atom. The highest BCUT2D eigenvalue weighted by atomic mass is 35.5. The van der Waals surface area contributed by atoms with E-state index in [1.165, 1.54) is 32.6 Å². The average Bonchev–Trinajstić information content (AvgIpc) is 2.45. The minimum atomic E-state index is -1.64. The van der Waals surface area contributed by atoms with Crippen LogP contribution in [0, 0.1) is 11.3 Å². The molecule has 7 heteroatoms. The second kappa shape index (κ2) is 12.8. The van der Waals surface area contributed by atoms with Crippen LogP contribution in [0.2, 0.25) is 0 Å². The molecule has 0 saturated heterocycles. The van der Waals surface area contributed by atoms with E-state index in [1.54, 1.807) is 0 Å². The van der Waals surface area contributed by atoms with E-state index in [2.05, 4.69) is 23.5 Å². The van der Waals surface area contributed by atoms with Gasteiger partial charge in [-0.3, -0.25) is 4.79 Å². The fourth-order valence-electron chi connectivity index (χ4n) is 2.45. The van der Waals surface area contributed by atoms with Crippen molar-refractivity contribution in [3.8, 4) is 11.3 Å². The first-order chi connectivity index (χ1) is 11.2. The molecule has 0 aromatic heterocycles. The summed E-state index contributed by atoms with van der Waals surface area (Å²) in [4.78, 5) is 11.4. The van der Waals surface area contributed by atoms with Gasteiger partial charge in [-0.05, 0) is 43.2 Å². The quantitative estimate of drug-likeness (QED) is 0.209. The Balaban J connectivity index is 4.39. The molecule has 0 aliphatic rings. The number of alkyl halides is 4. The van der Waals surface area contributed by atoms with Gasteiger partial charge in [0.15, 0.2) is 4.33 Å². The van der Waals surface area contributed by atoms with Gasteiger partial charge in [0.2, 0.25) is 10.2 Å². The summed E-state index contributed by atoms with van der Waals surface area (Å²) in [6.07, 6.45) is 8.67. The smallest absolute Gasteiger partial charge is 0.217 e. The van der Waals surface area contributed by atoms with Crippen LogP contribution in [-0.4, -0.2) is 20.6 Å². The topological polar surface area (TPSA) is 29.1 Å². The van der Waals surface area contributed by atoms with E-state index in [9.17, 15) is 4.79 Å². The van der Waals surface area contributed by atoms with Crippen molar-refractivity contribution in [2.75, 3.05) is 0 Å². The Hall–Kier alpha value is 0.480. The lowest BCUT2D eigenvalue weighted by Gasteiger charge is -2.29. The van der Waals surface area contributed by atoms with Gasteiger partial charge < -0.3 is 5.32 Å². The maximum atomic E-state index is 11.4. The van der Waals surface area contributed by atoms with Crippen LogP contribution in [0.1, 0.15) is 71.6 Å². The van der Waals surface area contributed by atoms with Gasteiger partial charge in [0, 0.05) is 18.3 Å². The summed E-state index contributed by atoms with van der Waals surface area (Å²) in [6.45, 7) is 3.71. The summed E-state index contributed by atoms with van der Waals surface area (Å²) in [5, 5.41) is 5.10. The molecule has 1 atom stereocenters. The number of hydrogen-bond acceptors (Lipinski definition) is 1. The lowest BCUT2D eigenvalue weighted by atomic mass is 10.00. The Labute approximate surface area is 171 Å². The zero-order chi connectivity index (χ0) is 18.6. The minimum absolute atomic E-state index is 0.0337. The zero-order valence-electron chi connectivity index (χ0n) is 14.2.